The number of hydrogen-bond acceptors (Lipinski definition) is 3. The van der Waals surface area contributed by atoms with Crippen LogP contribution in [0, 0.1) is 11.6 Å². The molecule has 0 saturated carbocycles. The van der Waals surface area contributed by atoms with Gasteiger partial charge in [0.2, 0.25) is 5.91 Å². The molecular formula is C18H18ClF2N3O. The molecule has 2 aromatic carbocycles. The van der Waals surface area contributed by atoms with Crippen molar-refractivity contribution in [3.05, 3.63) is 59.1 Å². The van der Waals surface area contributed by atoms with Crippen molar-refractivity contribution in [3.8, 4) is 0 Å². The Balaban J connectivity index is 1.53. The summed E-state index contributed by atoms with van der Waals surface area (Å²) in [5, 5.41) is 3.23. The Hall–Kier alpha value is -2.34. The summed E-state index contributed by atoms with van der Waals surface area (Å²) in [5.41, 5.74) is 0.750. The standard InChI is InChI=1S/C18H18ClF2N3O/c19-13-3-1-4-14(11-13)23-7-9-24(10-8-23)17(25)12-22-18-15(20)5-2-6-16(18)21/h1-6,11,22H,7-10,12H2. The minimum atomic E-state index is -0.710. The van der Waals surface area contributed by atoms with Gasteiger partial charge in [0.15, 0.2) is 0 Å². The summed E-state index contributed by atoms with van der Waals surface area (Å²) < 4.78 is 27.1. The van der Waals surface area contributed by atoms with Gasteiger partial charge in [-0.3, -0.25) is 4.79 Å². The topological polar surface area (TPSA) is 35.6 Å². The predicted molar refractivity (Wildman–Crippen MR) is 95.1 cm³/mol. The molecule has 1 aliphatic rings. The van der Waals surface area contributed by atoms with Gasteiger partial charge < -0.3 is 15.1 Å². The molecule has 0 atom stereocenters. The molecule has 0 radical (unpaired) electrons. The maximum atomic E-state index is 13.6. The van der Waals surface area contributed by atoms with Gasteiger partial charge in [0.1, 0.15) is 17.3 Å². The van der Waals surface area contributed by atoms with E-state index in [4.69, 9.17) is 11.6 Å². The predicted octanol–water partition coefficient (Wildman–Crippen LogP) is 3.38. The SMILES string of the molecule is O=C(CNc1c(F)cccc1F)N1CCN(c2cccc(Cl)c2)CC1. The minimum Gasteiger partial charge on any atom is -0.371 e. The van der Waals surface area contributed by atoms with E-state index in [1.807, 2.05) is 24.3 Å². The van der Waals surface area contributed by atoms with Gasteiger partial charge in [-0.15, -0.1) is 0 Å². The van der Waals surface area contributed by atoms with Crippen molar-refractivity contribution in [1.29, 1.82) is 0 Å². The van der Waals surface area contributed by atoms with Crippen LogP contribution in [0.3, 0.4) is 0 Å². The van der Waals surface area contributed by atoms with Crippen LogP contribution in [-0.4, -0.2) is 43.5 Å². The summed E-state index contributed by atoms with van der Waals surface area (Å²) in [6.07, 6.45) is 0. The number of anilines is 2. The fourth-order valence-electron chi connectivity index (χ4n) is 2.83. The number of hydrogen-bond donors (Lipinski definition) is 1. The molecule has 1 heterocycles. The first-order chi connectivity index (χ1) is 12.0. The minimum absolute atomic E-state index is 0.144. The van der Waals surface area contributed by atoms with Gasteiger partial charge in [0.25, 0.3) is 0 Å². The Morgan fingerprint density at radius 3 is 2.32 bits per heavy atom. The molecule has 25 heavy (non-hydrogen) atoms. The first kappa shape index (κ1) is 17.5. The number of rotatable bonds is 4. The average molecular weight is 366 g/mol. The van der Waals surface area contributed by atoms with Crippen molar-refractivity contribution < 1.29 is 13.6 Å². The van der Waals surface area contributed by atoms with Crippen LogP contribution in [0.2, 0.25) is 5.02 Å². The van der Waals surface area contributed by atoms with Gasteiger partial charge in [-0.1, -0.05) is 23.7 Å². The lowest BCUT2D eigenvalue weighted by Crippen LogP contribution is -2.50. The molecule has 7 heteroatoms. The average Bonchev–Trinajstić information content (AvgIpc) is 2.61. The Kier molecular flexibility index (Phi) is 5.38. The number of carbonyl (C=O) groups is 1. The quantitative estimate of drug-likeness (QED) is 0.902. The van der Waals surface area contributed by atoms with Crippen LogP contribution in [-0.2, 0) is 4.79 Å². The zero-order valence-corrected chi connectivity index (χ0v) is 14.3. The highest BCUT2D eigenvalue weighted by Gasteiger charge is 2.21. The smallest absolute Gasteiger partial charge is 0.241 e. The molecule has 2 aromatic rings. The van der Waals surface area contributed by atoms with Crippen molar-refractivity contribution in [2.24, 2.45) is 0 Å². The highest BCUT2D eigenvalue weighted by atomic mass is 35.5. The summed E-state index contributed by atoms with van der Waals surface area (Å²) >= 11 is 6.01. The number of carbonyl (C=O) groups excluding carboxylic acids is 1. The van der Waals surface area contributed by atoms with Crippen molar-refractivity contribution in [2.45, 2.75) is 0 Å². The second-order valence-electron chi connectivity index (χ2n) is 5.80. The first-order valence-corrected chi connectivity index (χ1v) is 8.38. The van der Waals surface area contributed by atoms with E-state index < -0.39 is 11.6 Å². The third-order valence-electron chi connectivity index (χ3n) is 4.18. The Morgan fingerprint density at radius 2 is 1.68 bits per heavy atom. The molecule has 1 saturated heterocycles. The highest BCUT2D eigenvalue weighted by Crippen LogP contribution is 2.21. The van der Waals surface area contributed by atoms with Crippen LogP contribution in [0.15, 0.2) is 42.5 Å². The molecular weight excluding hydrogens is 348 g/mol. The maximum absolute atomic E-state index is 13.6. The summed E-state index contributed by atoms with van der Waals surface area (Å²) in [5.74, 6) is -1.61. The summed E-state index contributed by atoms with van der Waals surface area (Å²) in [6, 6.07) is 11.2. The molecule has 0 spiro atoms. The molecule has 0 aliphatic carbocycles. The van der Waals surface area contributed by atoms with Gasteiger partial charge in [0, 0.05) is 36.9 Å². The van der Waals surface area contributed by atoms with Crippen LogP contribution >= 0.6 is 11.6 Å². The largest absolute Gasteiger partial charge is 0.371 e. The van der Waals surface area contributed by atoms with Gasteiger partial charge in [-0.05, 0) is 30.3 Å². The van der Waals surface area contributed by atoms with Gasteiger partial charge >= 0.3 is 0 Å². The summed E-state index contributed by atoms with van der Waals surface area (Å²) in [4.78, 5) is 16.1. The van der Waals surface area contributed by atoms with Crippen molar-refractivity contribution in [3.63, 3.8) is 0 Å². The van der Waals surface area contributed by atoms with Gasteiger partial charge in [-0.25, -0.2) is 8.78 Å². The van der Waals surface area contributed by atoms with E-state index in [1.54, 1.807) is 4.90 Å². The van der Waals surface area contributed by atoms with E-state index >= 15 is 0 Å². The Bertz CT molecular complexity index is 743. The maximum Gasteiger partial charge on any atom is 0.241 e. The molecule has 0 bridgehead atoms. The molecule has 132 valence electrons. The molecule has 1 N–H and O–H groups in total. The number of halogens is 3. The fraction of sp³-hybridized carbons (Fsp3) is 0.278. The zero-order chi connectivity index (χ0) is 17.8. The number of benzene rings is 2. The van der Waals surface area contributed by atoms with E-state index in [0.29, 0.717) is 31.2 Å². The van der Waals surface area contributed by atoms with Gasteiger partial charge in [0.05, 0.1) is 6.54 Å². The lowest BCUT2D eigenvalue weighted by Gasteiger charge is -2.36. The molecule has 0 unspecified atom stereocenters. The Labute approximate surface area is 150 Å². The number of nitrogens with zero attached hydrogens (tertiary/aromatic N) is 2. The van der Waals surface area contributed by atoms with Crippen LogP contribution in [0.4, 0.5) is 20.2 Å². The van der Waals surface area contributed by atoms with E-state index in [1.165, 1.54) is 6.07 Å². The van der Waals surface area contributed by atoms with Gasteiger partial charge in [-0.2, -0.15) is 0 Å². The van der Waals surface area contributed by atoms with E-state index in [9.17, 15) is 13.6 Å². The molecule has 0 aromatic heterocycles. The van der Waals surface area contributed by atoms with Crippen LogP contribution in [0.1, 0.15) is 0 Å². The van der Waals surface area contributed by atoms with Crippen LogP contribution in [0.25, 0.3) is 0 Å². The first-order valence-electron chi connectivity index (χ1n) is 8.01. The monoisotopic (exact) mass is 365 g/mol. The van der Waals surface area contributed by atoms with E-state index in [2.05, 4.69) is 10.2 Å². The second kappa shape index (κ2) is 7.70. The normalized spacial score (nSPS) is 14.5. The summed E-state index contributed by atoms with van der Waals surface area (Å²) in [6.45, 7) is 2.31. The number of para-hydroxylation sites is 1. The highest BCUT2D eigenvalue weighted by molar-refractivity contribution is 6.30. The van der Waals surface area contributed by atoms with Crippen molar-refractivity contribution >= 4 is 28.9 Å². The van der Waals surface area contributed by atoms with E-state index in [0.717, 1.165) is 17.8 Å². The lowest BCUT2D eigenvalue weighted by molar-refractivity contribution is -0.129. The lowest BCUT2D eigenvalue weighted by atomic mass is 10.2. The molecule has 3 rings (SSSR count). The third kappa shape index (κ3) is 4.20. The zero-order valence-electron chi connectivity index (χ0n) is 13.5. The van der Waals surface area contributed by atoms with Crippen LogP contribution < -0.4 is 10.2 Å². The third-order valence-corrected chi connectivity index (χ3v) is 4.42. The van der Waals surface area contributed by atoms with Crippen LogP contribution in [0.5, 0.6) is 0 Å². The molecule has 1 aliphatic heterocycles. The number of nitrogens with one attached hydrogen (secondary N) is 1. The van der Waals surface area contributed by atoms with E-state index in [-0.39, 0.29) is 18.1 Å². The fourth-order valence-corrected chi connectivity index (χ4v) is 3.01. The second-order valence-corrected chi connectivity index (χ2v) is 6.23. The molecule has 1 fully saturated rings. The van der Waals surface area contributed by atoms with Crippen molar-refractivity contribution in [1.82, 2.24) is 4.90 Å². The Morgan fingerprint density at radius 1 is 1.04 bits per heavy atom. The molecule has 4 nitrogen and oxygen atoms in total. The molecule has 1 amide bonds. The van der Waals surface area contributed by atoms with Crippen molar-refractivity contribution in [2.75, 3.05) is 42.9 Å². The summed E-state index contributed by atoms with van der Waals surface area (Å²) in [7, 11) is 0. The number of amides is 1. The number of piperazine rings is 1.